The average Bonchev–Trinajstić information content (AvgIpc) is 2.80. The molecule has 1 amide bonds. The van der Waals surface area contributed by atoms with E-state index in [1.807, 2.05) is 43.3 Å². The number of hydrogen-bond donors (Lipinski definition) is 1. The van der Waals surface area contributed by atoms with Gasteiger partial charge in [0.25, 0.3) is 11.5 Å². The number of esters is 1. The van der Waals surface area contributed by atoms with Gasteiger partial charge in [-0.3, -0.25) is 9.59 Å². The Bertz CT molecular complexity index is 1340. The van der Waals surface area contributed by atoms with Crippen LogP contribution in [0.3, 0.4) is 0 Å². The van der Waals surface area contributed by atoms with Crippen molar-refractivity contribution in [1.29, 1.82) is 0 Å². The second-order valence-electron chi connectivity index (χ2n) is 7.07. The van der Waals surface area contributed by atoms with Crippen molar-refractivity contribution < 1.29 is 14.3 Å². The molecule has 0 radical (unpaired) electrons. The Morgan fingerprint density at radius 3 is 2.39 bits per heavy atom. The molecule has 0 unspecified atom stereocenters. The molecule has 0 saturated carbocycles. The standard InChI is InChI=1S/C24H21N3O4/c1-2-14-27-23(29)19-12-6-5-11-18(19)22(26-27)24(30)31-15-21(28)25-20-13-7-9-16-8-3-4-10-17(16)20/h3-13H,2,14-15H2,1H3,(H,25,28). The number of hydrogen-bond acceptors (Lipinski definition) is 5. The number of aryl methyl sites for hydroxylation is 1. The summed E-state index contributed by atoms with van der Waals surface area (Å²) >= 11 is 0. The first-order valence-corrected chi connectivity index (χ1v) is 10.0. The molecule has 0 fully saturated rings. The summed E-state index contributed by atoms with van der Waals surface area (Å²) in [6.45, 7) is 1.83. The lowest BCUT2D eigenvalue weighted by molar-refractivity contribution is -0.119. The zero-order chi connectivity index (χ0) is 21.8. The molecule has 7 heteroatoms. The van der Waals surface area contributed by atoms with Crippen molar-refractivity contribution in [2.75, 3.05) is 11.9 Å². The summed E-state index contributed by atoms with van der Waals surface area (Å²) < 4.78 is 6.49. The van der Waals surface area contributed by atoms with Gasteiger partial charge < -0.3 is 10.1 Å². The van der Waals surface area contributed by atoms with Gasteiger partial charge in [0.15, 0.2) is 12.3 Å². The highest BCUT2D eigenvalue weighted by molar-refractivity contribution is 6.05. The molecule has 0 atom stereocenters. The quantitative estimate of drug-likeness (QED) is 0.484. The fourth-order valence-electron chi connectivity index (χ4n) is 3.47. The Hall–Kier alpha value is -4.00. The zero-order valence-electron chi connectivity index (χ0n) is 17.0. The number of carbonyl (C=O) groups excluding carboxylic acids is 2. The normalized spacial score (nSPS) is 10.9. The first-order valence-electron chi connectivity index (χ1n) is 10.0. The molecule has 31 heavy (non-hydrogen) atoms. The van der Waals surface area contributed by atoms with Crippen LogP contribution < -0.4 is 10.9 Å². The number of nitrogens with zero attached hydrogens (tertiary/aromatic N) is 2. The number of rotatable bonds is 6. The number of aromatic nitrogens is 2. The zero-order valence-corrected chi connectivity index (χ0v) is 17.0. The molecule has 0 aliphatic heterocycles. The fourth-order valence-corrected chi connectivity index (χ4v) is 3.47. The van der Waals surface area contributed by atoms with E-state index >= 15 is 0 Å². The number of anilines is 1. The van der Waals surface area contributed by atoms with Crippen LogP contribution in [-0.2, 0) is 16.1 Å². The fraction of sp³-hybridized carbons (Fsp3) is 0.167. The highest BCUT2D eigenvalue weighted by Gasteiger charge is 2.19. The van der Waals surface area contributed by atoms with E-state index in [4.69, 9.17) is 4.74 Å². The molecular formula is C24H21N3O4. The van der Waals surface area contributed by atoms with Crippen molar-refractivity contribution in [2.45, 2.75) is 19.9 Å². The van der Waals surface area contributed by atoms with E-state index in [1.165, 1.54) is 4.68 Å². The molecule has 0 aliphatic carbocycles. The van der Waals surface area contributed by atoms with Crippen LogP contribution in [0.4, 0.5) is 5.69 Å². The highest BCUT2D eigenvalue weighted by atomic mass is 16.5. The summed E-state index contributed by atoms with van der Waals surface area (Å²) in [5.41, 5.74) is 0.392. The van der Waals surface area contributed by atoms with Crippen LogP contribution >= 0.6 is 0 Å². The Balaban J connectivity index is 1.53. The molecule has 4 rings (SSSR count). The minimum atomic E-state index is -0.755. The summed E-state index contributed by atoms with van der Waals surface area (Å²) in [7, 11) is 0. The van der Waals surface area contributed by atoms with Gasteiger partial charge in [-0.25, -0.2) is 9.48 Å². The molecule has 1 N–H and O–H groups in total. The smallest absolute Gasteiger partial charge is 0.359 e. The number of carbonyl (C=O) groups is 2. The lowest BCUT2D eigenvalue weighted by Gasteiger charge is -2.11. The van der Waals surface area contributed by atoms with Crippen molar-refractivity contribution in [3.05, 3.63) is 82.8 Å². The molecule has 0 bridgehead atoms. The highest BCUT2D eigenvalue weighted by Crippen LogP contribution is 2.23. The molecular weight excluding hydrogens is 394 g/mol. The summed E-state index contributed by atoms with van der Waals surface area (Å²) in [6, 6.07) is 20.0. The predicted octanol–water partition coefficient (Wildman–Crippen LogP) is 3.76. The maximum atomic E-state index is 12.7. The summed E-state index contributed by atoms with van der Waals surface area (Å²) in [5, 5.41) is 9.64. The van der Waals surface area contributed by atoms with Crippen molar-refractivity contribution in [2.24, 2.45) is 0 Å². The number of fused-ring (bicyclic) bond motifs is 2. The lowest BCUT2D eigenvalue weighted by atomic mass is 10.1. The van der Waals surface area contributed by atoms with Crippen molar-refractivity contribution in [3.63, 3.8) is 0 Å². The topological polar surface area (TPSA) is 90.3 Å². The number of ether oxygens (including phenoxy) is 1. The van der Waals surface area contributed by atoms with Crippen LogP contribution in [0.2, 0.25) is 0 Å². The number of benzene rings is 3. The molecule has 3 aromatic carbocycles. The molecule has 7 nitrogen and oxygen atoms in total. The van der Waals surface area contributed by atoms with Crippen LogP contribution in [0.25, 0.3) is 21.5 Å². The van der Waals surface area contributed by atoms with Crippen LogP contribution in [0.5, 0.6) is 0 Å². The minimum Gasteiger partial charge on any atom is -0.451 e. The maximum Gasteiger partial charge on any atom is 0.359 e. The van der Waals surface area contributed by atoms with E-state index in [0.717, 1.165) is 10.8 Å². The van der Waals surface area contributed by atoms with Crippen LogP contribution in [-0.4, -0.2) is 28.3 Å². The summed E-state index contributed by atoms with van der Waals surface area (Å²) in [4.78, 5) is 37.7. The molecule has 0 aliphatic rings. The second kappa shape index (κ2) is 8.79. The van der Waals surface area contributed by atoms with Crippen LogP contribution in [0.15, 0.2) is 71.5 Å². The van der Waals surface area contributed by atoms with E-state index in [2.05, 4.69) is 10.4 Å². The van der Waals surface area contributed by atoms with Gasteiger partial charge in [-0.15, -0.1) is 0 Å². The summed E-state index contributed by atoms with van der Waals surface area (Å²) in [6.07, 6.45) is 0.688. The second-order valence-corrected chi connectivity index (χ2v) is 7.07. The van der Waals surface area contributed by atoms with Crippen molar-refractivity contribution in [3.8, 4) is 0 Å². The van der Waals surface area contributed by atoms with Gasteiger partial charge in [-0.05, 0) is 23.9 Å². The van der Waals surface area contributed by atoms with Gasteiger partial charge in [0.1, 0.15) is 0 Å². The van der Waals surface area contributed by atoms with Gasteiger partial charge >= 0.3 is 5.97 Å². The van der Waals surface area contributed by atoms with Gasteiger partial charge in [-0.2, -0.15) is 5.10 Å². The van der Waals surface area contributed by atoms with Gasteiger partial charge in [0.05, 0.1) is 5.39 Å². The number of amides is 1. The SMILES string of the molecule is CCCn1nc(C(=O)OCC(=O)Nc2cccc3ccccc23)c2ccccc2c1=O. The Morgan fingerprint density at radius 1 is 0.935 bits per heavy atom. The van der Waals surface area contributed by atoms with Crippen molar-refractivity contribution >= 4 is 39.1 Å². The summed E-state index contributed by atoms with van der Waals surface area (Å²) in [5.74, 6) is -1.22. The van der Waals surface area contributed by atoms with E-state index in [0.29, 0.717) is 29.4 Å². The molecule has 0 saturated heterocycles. The predicted molar refractivity (Wildman–Crippen MR) is 119 cm³/mol. The van der Waals surface area contributed by atoms with Crippen molar-refractivity contribution in [1.82, 2.24) is 9.78 Å². The van der Waals surface area contributed by atoms with Gasteiger partial charge in [-0.1, -0.05) is 61.5 Å². The van der Waals surface area contributed by atoms with Crippen LogP contribution in [0.1, 0.15) is 23.8 Å². The molecule has 156 valence electrons. The minimum absolute atomic E-state index is 0.0154. The average molecular weight is 415 g/mol. The largest absolute Gasteiger partial charge is 0.451 e. The van der Waals surface area contributed by atoms with Crippen LogP contribution in [0, 0.1) is 0 Å². The van der Waals surface area contributed by atoms with E-state index in [9.17, 15) is 14.4 Å². The van der Waals surface area contributed by atoms with E-state index in [-0.39, 0.29) is 11.3 Å². The lowest BCUT2D eigenvalue weighted by Crippen LogP contribution is -2.27. The molecule has 4 aromatic rings. The Labute approximate surface area is 178 Å². The van der Waals surface area contributed by atoms with E-state index < -0.39 is 18.5 Å². The van der Waals surface area contributed by atoms with Gasteiger partial charge in [0.2, 0.25) is 0 Å². The first-order chi connectivity index (χ1) is 15.1. The third-order valence-electron chi connectivity index (χ3n) is 4.89. The Kier molecular flexibility index (Phi) is 5.75. The first kappa shape index (κ1) is 20.3. The number of nitrogens with one attached hydrogen (secondary N) is 1. The van der Waals surface area contributed by atoms with Gasteiger partial charge in [0, 0.05) is 23.0 Å². The monoisotopic (exact) mass is 415 g/mol. The maximum absolute atomic E-state index is 12.7. The Morgan fingerprint density at radius 2 is 1.61 bits per heavy atom. The third-order valence-corrected chi connectivity index (χ3v) is 4.89. The molecule has 1 aromatic heterocycles. The third kappa shape index (κ3) is 4.16. The molecule has 1 heterocycles. The van der Waals surface area contributed by atoms with E-state index in [1.54, 1.807) is 30.3 Å². The molecule has 0 spiro atoms.